The van der Waals surface area contributed by atoms with Gasteiger partial charge in [0.1, 0.15) is 11.2 Å². The third-order valence-electron chi connectivity index (χ3n) is 4.15. The highest BCUT2D eigenvalue weighted by molar-refractivity contribution is 5.91. The molecule has 3 atom stereocenters. The summed E-state index contributed by atoms with van der Waals surface area (Å²) in [7, 11) is 0. The minimum atomic E-state index is -3.17. The van der Waals surface area contributed by atoms with Crippen molar-refractivity contribution in [2.75, 3.05) is 6.54 Å². The van der Waals surface area contributed by atoms with E-state index in [0.29, 0.717) is 0 Å². The van der Waals surface area contributed by atoms with Crippen molar-refractivity contribution in [3.05, 3.63) is 0 Å². The van der Waals surface area contributed by atoms with Gasteiger partial charge in [-0.2, -0.15) is 0 Å². The number of rotatable bonds is 16. The molecule has 2 amide bonds. The molecule has 33 heavy (non-hydrogen) atoms. The number of carboxylic acid groups (broad SMARTS) is 5. The van der Waals surface area contributed by atoms with Gasteiger partial charge in [-0.1, -0.05) is 0 Å². The fourth-order valence-corrected chi connectivity index (χ4v) is 2.51. The van der Waals surface area contributed by atoms with Gasteiger partial charge in [0.25, 0.3) is 0 Å². The summed E-state index contributed by atoms with van der Waals surface area (Å²) >= 11 is 0. The molecule has 0 saturated carbocycles. The molecule has 0 aliphatic heterocycles. The van der Waals surface area contributed by atoms with Crippen molar-refractivity contribution in [2.24, 2.45) is 0 Å². The minimum Gasteiger partial charge on any atom is -0.550 e. The van der Waals surface area contributed by atoms with E-state index < -0.39 is 91.0 Å². The molecule has 0 bridgehead atoms. The van der Waals surface area contributed by atoms with Crippen molar-refractivity contribution in [3.8, 4) is 0 Å². The first-order valence-electron chi connectivity index (χ1n) is 9.06. The zero-order chi connectivity index (χ0) is 26.0. The van der Waals surface area contributed by atoms with Crippen LogP contribution in [0.25, 0.3) is 0 Å². The van der Waals surface area contributed by atoms with Gasteiger partial charge in [-0.25, -0.2) is 0 Å². The van der Waals surface area contributed by atoms with Crippen LogP contribution < -0.4 is 36.2 Å². The molecule has 0 saturated heterocycles. The van der Waals surface area contributed by atoms with Crippen LogP contribution in [-0.2, 0) is 33.6 Å². The predicted molar refractivity (Wildman–Crippen MR) is 87.6 cm³/mol. The van der Waals surface area contributed by atoms with Crippen LogP contribution in [0, 0.1) is 0 Å². The third-order valence-corrected chi connectivity index (χ3v) is 4.15. The second-order valence-electron chi connectivity index (χ2n) is 7.02. The molecular formula is C17H19N2O14-5. The van der Waals surface area contributed by atoms with Crippen LogP contribution in [0.4, 0.5) is 0 Å². The largest absolute Gasteiger partial charge is 0.550 e. The van der Waals surface area contributed by atoms with E-state index in [0.717, 1.165) is 0 Å². The number of hydrogen-bond donors (Lipinski definition) is 4. The van der Waals surface area contributed by atoms with Crippen LogP contribution in [0.1, 0.15) is 38.5 Å². The van der Waals surface area contributed by atoms with Gasteiger partial charge in [0.05, 0.1) is 36.8 Å². The second kappa shape index (κ2) is 12.3. The van der Waals surface area contributed by atoms with Crippen molar-refractivity contribution in [1.29, 1.82) is 0 Å². The average molecular weight is 475 g/mol. The number of aliphatic carboxylic acids is 5. The first-order chi connectivity index (χ1) is 15.0. The lowest BCUT2D eigenvalue weighted by molar-refractivity contribution is -0.333. The maximum absolute atomic E-state index is 11.8. The van der Waals surface area contributed by atoms with Crippen LogP contribution in [0.2, 0.25) is 0 Å². The van der Waals surface area contributed by atoms with Gasteiger partial charge in [0.15, 0.2) is 0 Å². The molecule has 0 aromatic heterocycles. The summed E-state index contributed by atoms with van der Waals surface area (Å²) in [5, 5.41) is 77.1. The first kappa shape index (κ1) is 29.2. The number of carbonyl (C=O) groups is 7. The highest BCUT2D eigenvalue weighted by atomic mass is 16.4. The number of nitrogens with one attached hydrogen (secondary N) is 2. The Morgan fingerprint density at radius 1 is 0.697 bits per heavy atom. The van der Waals surface area contributed by atoms with Gasteiger partial charge in [-0.15, -0.1) is 0 Å². The molecule has 2 unspecified atom stereocenters. The third kappa shape index (κ3) is 10.4. The summed E-state index contributed by atoms with van der Waals surface area (Å²) < 4.78 is 0. The van der Waals surface area contributed by atoms with Gasteiger partial charge in [-0.3, -0.25) is 9.59 Å². The van der Waals surface area contributed by atoms with E-state index in [2.05, 4.69) is 5.32 Å². The summed E-state index contributed by atoms with van der Waals surface area (Å²) in [6, 6.07) is -1.78. The fourth-order valence-electron chi connectivity index (χ4n) is 2.51. The Morgan fingerprint density at radius 2 is 1.12 bits per heavy atom. The summed E-state index contributed by atoms with van der Waals surface area (Å²) in [6.07, 6.45) is -6.20. The van der Waals surface area contributed by atoms with Crippen molar-refractivity contribution < 1.29 is 69.3 Å². The van der Waals surface area contributed by atoms with Crippen molar-refractivity contribution in [2.45, 2.75) is 55.8 Å². The van der Waals surface area contributed by atoms with E-state index in [4.69, 9.17) is 0 Å². The van der Waals surface area contributed by atoms with Crippen LogP contribution in [0.3, 0.4) is 0 Å². The van der Waals surface area contributed by atoms with Crippen molar-refractivity contribution in [3.63, 3.8) is 0 Å². The maximum Gasteiger partial charge on any atom is 0.223 e. The molecular weight excluding hydrogens is 456 g/mol. The Bertz CT molecular complexity index is 812. The van der Waals surface area contributed by atoms with Crippen LogP contribution in [-0.4, -0.2) is 75.7 Å². The van der Waals surface area contributed by atoms with Crippen LogP contribution in [0.15, 0.2) is 0 Å². The molecule has 0 spiro atoms. The topological polar surface area (TPSA) is 299 Å². The lowest BCUT2D eigenvalue weighted by atomic mass is 9.95. The molecule has 0 aliphatic rings. The summed E-state index contributed by atoms with van der Waals surface area (Å²) in [6.45, 7) is -0.347. The minimum absolute atomic E-state index is 0.210. The Morgan fingerprint density at radius 3 is 1.48 bits per heavy atom. The zero-order valence-electron chi connectivity index (χ0n) is 16.8. The monoisotopic (exact) mass is 475 g/mol. The molecule has 0 aliphatic carbocycles. The molecule has 0 aromatic carbocycles. The predicted octanol–water partition coefficient (Wildman–Crippen LogP) is -9.86. The fraction of sp³-hybridized carbons (Fsp3) is 0.588. The highest BCUT2D eigenvalue weighted by Crippen LogP contribution is 2.15. The Labute approximate surface area is 184 Å². The van der Waals surface area contributed by atoms with Gasteiger partial charge in [0, 0.05) is 31.3 Å². The molecule has 0 aromatic rings. The number of aliphatic hydroxyl groups is 2. The van der Waals surface area contributed by atoms with Gasteiger partial charge >= 0.3 is 0 Å². The van der Waals surface area contributed by atoms with Crippen LogP contribution in [0.5, 0.6) is 0 Å². The highest BCUT2D eigenvalue weighted by Gasteiger charge is 2.33. The molecule has 0 heterocycles. The van der Waals surface area contributed by atoms with E-state index in [-0.39, 0.29) is 13.0 Å². The lowest BCUT2D eigenvalue weighted by Gasteiger charge is -2.30. The first-order valence-corrected chi connectivity index (χ1v) is 9.06. The van der Waals surface area contributed by atoms with E-state index >= 15 is 0 Å². The number of amides is 2. The molecule has 16 nitrogen and oxygen atoms in total. The van der Waals surface area contributed by atoms with Gasteiger partial charge in [-0.05, 0) is 12.8 Å². The van der Waals surface area contributed by atoms with E-state index in [1.165, 1.54) is 0 Å². The molecule has 0 radical (unpaired) electrons. The summed E-state index contributed by atoms with van der Waals surface area (Å²) in [5.41, 5.74) is -6.22. The maximum atomic E-state index is 11.8. The molecule has 0 fully saturated rings. The summed E-state index contributed by atoms with van der Waals surface area (Å²) in [5.74, 6) is -12.9. The smallest absolute Gasteiger partial charge is 0.223 e. The zero-order valence-corrected chi connectivity index (χ0v) is 16.8. The molecule has 16 heteroatoms. The Kier molecular flexibility index (Phi) is 10.9. The molecule has 0 rings (SSSR count). The van der Waals surface area contributed by atoms with Gasteiger partial charge < -0.3 is 70.4 Å². The normalized spacial score (nSPS) is 15.2. The average Bonchev–Trinajstić information content (AvgIpc) is 2.62. The SMILES string of the molecule is O=C([O-])CC(O)(CC(=O)NCCC[C@@H](NC(=O)CC(O)(CC(=O)[O-])C(=O)[O-])C(=O)[O-])C(=O)[O-]. The van der Waals surface area contributed by atoms with E-state index in [9.17, 15) is 69.3 Å². The van der Waals surface area contributed by atoms with Crippen molar-refractivity contribution >= 4 is 41.7 Å². The Balaban J connectivity index is 4.80. The Hall–Kier alpha value is -3.79. The summed E-state index contributed by atoms with van der Waals surface area (Å²) in [4.78, 5) is 77.4. The quantitative estimate of drug-likeness (QED) is 0.151. The number of carboxylic acids is 5. The van der Waals surface area contributed by atoms with E-state index in [1.807, 2.05) is 0 Å². The lowest BCUT2D eigenvalue weighted by Crippen LogP contribution is -2.55. The number of hydrogen-bond acceptors (Lipinski definition) is 14. The standard InChI is InChI=1S/C17H24N2O14/c20-9(4-16(32,14(28)29)6-11(22)23)18-3-1-2-8(13(26)27)19-10(21)5-17(33,15(30)31)7-12(24)25/h8,32-33H,1-7H2,(H,18,20)(H,19,21)(H,22,23)(H,24,25)(H,26,27)(H,28,29)(H,30,31)/p-5/t8-,16?,17?/m1/s1. The van der Waals surface area contributed by atoms with E-state index in [1.54, 1.807) is 5.32 Å². The molecule has 186 valence electrons. The number of carbonyl (C=O) groups excluding carboxylic acids is 7. The van der Waals surface area contributed by atoms with Gasteiger partial charge in [0.2, 0.25) is 11.8 Å². The van der Waals surface area contributed by atoms with Crippen LogP contribution >= 0.6 is 0 Å². The molecule has 4 N–H and O–H groups in total. The second-order valence-corrected chi connectivity index (χ2v) is 7.02. The van der Waals surface area contributed by atoms with Crippen molar-refractivity contribution in [1.82, 2.24) is 10.6 Å².